The summed E-state index contributed by atoms with van der Waals surface area (Å²) < 4.78 is 45.4. The average Bonchev–Trinajstić information content (AvgIpc) is 2.93. The maximum atomic E-state index is 13.0. The van der Waals surface area contributed by atoms with Crippen molar-refractivity contribution in [2.45, 2.75) is 25.2 Å². The van der Waals surface area contributed by atoms with Gasteiger partial charge in [-0.2, -0.15) is 8.42 Å². The normalized spacial score (nSPS) is 13.4. The topological polar surface area (TPSA) is 139 Å². The molecule has 0 fully saturated rings. The third-order valence-corrected chi connectivity index (χ3v) is 6.54. The van der Waals surface area contributed by atoms with Crippen molar-refractivity contribution in [1.82, 2.24) is 0 Å². The molecule has 0 N–H and O–H groups in total. The molecule has 0 aromatic heterocycles. The molecule has 3 aromatic carbocycles. The summed E-state index contributed by atoms with van der Waals surface area (Å²) in [5.41, 5.74) is 0.970. The second-order valence-electron chi connectivity index (χ2n) is 8.69. The zero-order valence-electron chi connectivity index (χ0n) is 21.7. The smallest absolute Gasteiger partial charge is 0.338 e. The molecule has 0 unspecified atom stereocenters. The molecular formula is C28H24Cl2O10S. The Balaban J connectivity index is 1.94. The van der Waals surface area contributed by atoms with Crippen molar-refractivity contribution in [2.75, 3.05) is 12.9 Å². The quantitative estimate of drug-likeness (QED) is 0.123. The van der Waals surface area contributed by atoms with Crippen molar-refractivity contribution < 1.29 is 46.0 Å². The van der Waals surface area contributed by atoms with Crippen molar-refractivity contribution in [2.24, 2.45) is 0 Å². The lowest BCUT2D eigenvalue weighted by Gasteiger charge is -2.29. The van der Waals surface area contributed by atoms with Gasteiger partial charge < -0.3 is 14.2 Å². The number of aryl methyl sites for hydroxylation is 1. The summed E-state index contributed by atoms with van der Waals surface area (Å²) in [4.78, 5) is 50.6. The van der Waals surface area contributed by atoms with Crippen LogP contribution in [0.5, 0.6) is 0 Å². The van der Waals surface area contributed by atoms with Crippen LogP contribution in [0.1, 0.15) is 36.6 Å². The number of esters is 3. The summed E-state index contributed by atoms with van der Waals surface area (Å²) in [6.45, 7) is 0.980. The Morgan fingerprint density at radius 1 is 0.756 bits per heavy atom. The van der Waals surface area contributed by atoms with Crippen LogP contribution in [-0.4, -0.2) is 63.8 Å². The highest BCUT2D eigenvalue weighted by Gasteiger charge is 2.40. The van der Waals surface area contributed by atoms with E-state index in [4.69, 9.17) is 41.6 Å². The Morgan fingerprint density at radius 3 is 1.66 bits per heavy atom. The second kappa shape index (κ2) is 14.2. The predicted octanol–water partition coefficient (Wildman–Crippen LogP) is 4.45. The second-order valence-corrected chi connectivity index (χ2v) is 11.2. The number of carbonyl (C=O) groups excluding carboxylic acids is 4. The molecule has 0 aliphatic heterocycles. The molecular weight excluding hydrogens is 599 g/mol. The van der Waals surface area contributed by atoms with Crippen molar-refractivity contribution in [1.29, 1.82) is 0 Å². The van der Waals surface area contributed by atoms with Crippen LogP contribution < -0.4 is 0 Å². The van der Waals surface area contributed by atoms with E-state index < -0.39 is 52.9 Å². The number of hydrogen-bond donors (Lipinski definition) is 0. The monoisotopic (exact) mass is 622 g/mol. The molecule has 0 aliphatic rings. The van der Waals surface area contributed by atoms with E-state index in [1.165, 1.54) is 60.7 Å². The van der Waals surface area contributed by atoms with E-state index in [-0.39, 0.29) is 23.0 Å². The van der Waals surface area contributed by atoms with E-state index in [9.17, 15) is 27.6 Å². The van der Waals surface area contributed by atoms with E-state index in [1.54, 1.807) is 19.1 Å². The molecule has 0 heterocycles. The summed E-state index contributed by atoms with van der Waals surface area (Å²) in [7, 11) is -4.29. The van der Waals surface area contributed by atoms with Gasteiger partial charge in [-0.15, -0.1) is 0 Å². The van der Waals surface area contributed by atoms with E-state index in [1.807, 2.05) is 0 Å². The minimum absolute atomic E-state index is 0.0230. The number of aldehydes is 1. The Morgan fingerprint density at radius 2 is 1.20 bits per heavy atom. The Hall–Kier alpha value is -3.77. The van der Waals surface area contributed by atoms with Crippen LogP contribution in [-0.2, 0) is 33.3 Å². The van der Waals surface area contributed by atoms with E-state index in [0.29, 0.717) is 16.3 Å². The van der Waals surface area contributed by atoms with Gasteiger partial charge in [-0.3, -0.25) is 8.98 Å². The molecule has 0 spiro atoms. The van der Waals surface area contributed by atoms with Crippen LogP contribution >= 0.6 is 23.2 Å². The van der Waals surface area contributed by atoms with Gasteiger partial charge in [0.15, 0.2) is 24.6 Å². The predicted molar refractivity (Wildman–Crippen MR) is 149 cm³/mol. The van der Waals surface area contributed by atoms with Crippen LogP contribution in [0.3, 0.4) is 0 Å². The van der Waals surface area contributed by atoms with Gasteiger partial charge >= 0.3 is 17.9 Å². The molecule has 3 atom stereocenters. The summed E-state index contributed by atoms with van der Waals surface area (Å²) in [5, 5.41) is 0.682. The SMILES string of the molecule is Cc1ccc(C(=O)O[C@@H](C=O)[C@@H](OC(=O)c2ccc(Cl)cc2)[C@@H](COC(=O)c2ccc(Cl)cc2)OS(C)(=O)=O)cc1. The number of halogens is 2. The fourth-order valence-corrected chi connectivity index (χ4v) is 4.28. The first-order valence-corrected chi connectivity index (χ1v) is 14.4. The van der Waals surface area contributed by atoms with Gasteiger partial charge in [-0.1, -0.05) is 40.9 Å². The molecule has 0 radical (unpaired) electrons. The van der Waals surface area contributed by atoms with E-state index >= 15 is 0 Å². The summed E-state index contributed by atoms with van der Waals surface area (Å²) in [5.74, 6) is -2.90. The molecule has 3 aromatic rings. The standard InChI is InChI=1S/C28H24Cl2O10S/c1-17-3-5-19(6-4-17)27(33)38-23(15-31)25(39-28(34)20-9-13-22(30)14-10-20)24(40-41(2,35)36)16-37-26(32)18-7-11-21(29)12-8-18/h3-15,23-25H,16H2,1-2H3/t23-,24+,25+/m0/s1. The fraction of sp³-hybridized carbons (Fsp3) is 0.214. The van der Waals surface area contributed by atoms with Crippen molar-refractivity contribution in [3.63, 3.8) is 0 Å². The Bertz CT molecular complexity index is 1490. The van der Waals surface area contributed by atoms with Gasteiger partial charge in [0.1, 0.15) is 6.61 Å². The number of ether oxygens (including phenoxy) is 3. The zero-order valence-corrected chi connectivity index (χ0v) is 24.0. The van der Waals surface area contributed by atoms with Crippen LogP contribution in [0.15, 0.2) is 72.8 Å². The molecule has 0 saturated carbocycles. The molecule has 13 heteroatoms. The lowest BCUT2D eigenvalue weighted by atomic mass is 10.1. The molecule has 0 aliphatic carbocycles. The van der Waals surface area contributed by atoms with Crippen LogP contribution in [0.4, 0.5) is 0 Å². The first kappa shape index (κ1) is 31.8. The largest absolute Gasteiger partial charge is 0.459 e. The first-order valence-electron chi connectivity index (χ1n) is 11.9. The summed E-state index contributed by atoms with van der Waals surface area (Å²) >= 11 is 11.7. The maximum absolute atomic E-state index is 13.0. The number of hydrogen-bond acceptors (Lipinski definition) is 10. The van der Waals surface area contributed by atoms with Gasteiger partial charge in [-0.05, 0) is 67.6 Å². The zero-order chi connectivity index (χ0) is 30.2. The van der Waals surface area contributed by atoms with Gasteiger partial charge in [-0.25, -0.2) is 14.4 Å². The number of benzene rings is 3. The maximum Gasteiger partial charge on any atom is 0.338 e. The van der Waals surface area contributed by atoms with Gasteiger partial charge in [0.25, 0.3) is 10.1 Å². The lowest BCUT2D eigenvalue weighted by Crippen LogP contribution is -2.48. The highest BCUT2D eigenvalue weighted by molar-refractivity contribution is 7.86. The van der Waals surface area contributed by atoms with Crippen LogP contribution in [0, 0.1) is 6.92 Å². The molecule has 3 rings (SSSR count). The minimum atomic E-state index is -4.29. The van der Waals surface area contributed by atoms with Crippen LogP contribution in [0.2, 0.25) is 10.0 Å². The van der Waals surface area contributed by atoms with Crippen molar-refractivity contribution >= 4 is 57.5 Å². The van der Waals surface area contributed by atoms with E-state index in [0.717, 1.165) is 5.56 Å². The highest BCUT2D eigenvalue weighted by atomic mass is 35.5. The summed E-state index contributed by atoms with van der Waals surface area (Å²) in [6, 6.07) is 17.2. The van der Waals surface area contributed by atoms with Gasteiger partial charge in [0, 0.05) is 10.0 Å². The lowest BCUT2D eigenvalue weighted by molar-refractivity contribution is -0.128. The Labute approximate surface area is 246 Å². The third kappa shape index (κ3) is 9.68. The average molecular weight is 623 g/mol. The first-order chi connectivity index (χ1) is 19.4. The van der Waals surface area contributed by atoms with E-state index in [2.05, 4.69) is 0 Å². The van der Waals surface area contributed by atoms with Crippen molar-refractivity contribution in [3.8, 4) is 0 Å². The molecule has 10 nitrogen and oxygen atoms in total. The number of carbonyl (C=O) groups is 4. The molecule has 0 saturated heterocycles. The van der Waals surface area contributed by atoms with Gasteiger partial charge in [0.2, 0.25) is 0 Å². The molecule has 41 heavy (non-hydrogen) atoms. The minimum Gasteiger partial charge on any atom is -0.459 e. The number of rotatable bonds is 12. The third-order valence-electron chi connectivity index (χ3n) is 5.43. The van der Waals surface area contributed by atoms with Crippen LogP contribution in [0.25, 0.3) is 0 Å². The van der Waals surface area contributed by atoms with Crippen molar-refractivity contribution in [3.05, 3.63) is 105 Å². The Kier molecular flexibility index (Phi) is 11.0. The highest BCUT2D eigenvalue weighted by Crippen LogP contribution is 2.20. The fourth-order valence-electron chi connectivity index (χ4n) is 3.41. The van der Waals surface area contributed by atoms with Gasteiger partial charge in [0.05, 0.1) is 22.9 Å². The molecule has 0 bridgehead atoms. The molecule has 216 valence electrons. The summed E-state index contributed by atoms with van der Waals surface area (Å²) in [6.07, 6.45) is -4.71. The molecule has 0 amide bonds.